The molecule has 0 heterocycles. The lowest BCUT2D eigenvalue weighted by molar-refractivity contribution is -0.140. The predicted molar refractivity (Wildman–Crippen MR) is 66.4 cm³/mol. The molecule has 7 nitrogen and oxygen atoms in total. The zero-order valence-corrected chi connectivity index (χ0v) is 11.4. The number of carboxylic acids is 1. The van der Waals surface area contributed by atoms with E-state index in [0.29, 0.717) is 0 Å². The van der Waals surface area contributed by atoms with Crippen molar-refractivity contribution in [1.29, 1.82) is 0 Å². The summed E-state index contributed by atoms with van der Waals surface area (Å²) in [7, 11) is -1.64. The van der Waals surface area contributed by atoms with Gasteiger partial charge in [0.1, 0.15) is 11.8 Å². The Morgan fingerprint density at radius 3 is 2.17 bits per heavy atom. The molecular formula is C10H18N2O5S. The number of hydrogen-bond acceptors (Lipinski definition) is 4. The highest BCUT2D eigenvalue weighted by molar-refractivity contribution is 7.85. The largest absolute Gasteiger partial charge is 0.480 e. The summed E-state index contributed by atoms with van der Waals surface area (Å²) in [6.07, 6.45) is 0. The van der Waals surface area contributed by atoms with Gasteiger partial charge in [0.15, 0.2) is 0 Å². The molecule has 0 aliphatic carbocycles. The quantitative estimate of drug-likeness (QED) is 0.544. The fourth-order valence-electron chi connectivity index (χ4n) is 1.17. The lowest BCUT2D eigenvalue weighted by Gasteiger charge is -2.13. The second-order valence-electron chi connectivity index (χ2n) is 4.06. The first kappa shape index (κ1) is 16.6. The number of rotatable bonds is 7. The van der Waals surface area contributed by atoms with Gasteiger partial charge in [-0.05, 0) is 13.8 Å². The summed E-state index contributed by atoms with van der Waals surface area (Å²) >= 11 is 0. The van der Waals surface area contributed by atoms with Crippen molar-refractivity contribution < 1.29 is 23.7 Å². The topological polar surface area (TPSA) is 113 Å². The van der Waals surface area contributed by atoms with E-state index >= 15 is 0 Å². The Morgan fingerprint density at radius 1 is 1.22 bits per heavy atom. The van der Waals surface area contributed by atoms with E-state index in [0.717, 1.165) is 0 Å². The standard InChI is InChI=1S/C10H18N2O5S/c1-6(2)11-9(14)5-18(17)4-8(10(15)16)12-7(3)13/h6,8H,4-5H2,1-3H3,(H,11,14)(H,12,13)(H,15,16)/t8-,18?/m0/s1. The number of carbonyl (C=O) groups excluding carboxylic acids is 2. The summed E-state index contributed by atoms with van der Waals surface area (Å²) in [4.78, 5) is 32.8. The van der Waals surface area contributed by atoms with Crippen LogP contribution < -0.4 is 10.6 Å². The third-order valence-corrected chi connectivity index (χ3v) is 3.06. The van der Waals surface area contributed by atoms with Crippen LogP contribution in [0.25, 0.3) is 0 Å². The van der Waals surface area contributed by atoms with E-state index in [1.165, 1.54) is 6.92 Å². The van der Waals surface area contributed by atoms with E-state index in [9.17, 15) is 18.6 Å². The molecule has 0 saturated carbocycles. The van der Waals surface area contributed by atoms with Crippen molar-refractivity contribution in [3.05, 3.63) is 0 Å². The minimum Gasteiger partial charge on any atom is -0.480 e. The van der Waals surface area contributed by atoms with E-state index < -0.39 is 34.6 Å². The highest BCUT2D eigenvalue weighted by Crippen LogP contribution is 1.92. The van der Waals surface area contributed by atoms with Gasteiger partial charge in [-0.15, -0.1) is 0 Å². The fourth-order valence-corrected chi connectivity index (χ4v) is 2.27. The Balaban J connectivity index is 4.30. The van der Waals surface area contributed by atoms with Crippen molar-refractivity contribution in [3.63, 3.8) is 0 Å². The molecule has 0 rings (SSSR count). The Kier molecular flexibility index (Phi) is 7.18. The van der Waals surface area contributed by atoms with Crippen LogP contribution in [0.1, 0.15) is 20.8 Å². The predicted octanol–water partition coefficient (Wildman–Crippen LogP) is -1.15. The maximum Gasteiger partial charge on any atom is 0.327 e. The van der Waals surface area contributed by atoms with Crippen LogP contribution in [0.4, 0.5) is 0 Å². The molecule has 0 aliphatic heterocycles. The molecule has 0 spiro atoms. The maximum atomic E-state index is 11.6. The fraction of sp³-hybridized carbons (Fsp3) is 0.700. The van der Waals surface area contributed by atoms with E-state index in [1.807, 2.05) is 0 Å². The van der Waals surface area contributed by atoms with E-state index in [1.54, 1.807) is 13.8 Å². The van der Waals surface area contributed by atoms with Crippen LogP contribution in [0.15, 0.2) is 0 Å². The molecule has 104 valence electrons. The van der Waals surface area contributed by atoms with E-state index in [2.05, 4.69) is 10.6 Å². The van der Waals surface area contributed by atoms with Crippen LogP contribution in [0.5, 0.6) is 0 Å². The second kappa shape index (κ2) is 7.80. The number of aliphatic carboxylic acids is 1. The average molecular weight is 278 g/mol. The van der Waals surface area contributed by atoms with Gasteiger partial charge in [0.2, 0.25) is 11.8 Å². The van der Waals surface area contributed by atoms with Crippen molar-refractivity contribution in [2.24, 2.45) is 0 Å². The Labute approximate surface area is 108 Å². The number of carbonyl (C=O) groups is 3. The molecule has 1 unspecified atom stereocenters. The molecule has 2 amide bonds. The van der Waals surface area contributed by atoms with Gasteiger partial charge in [-0.1, -0.05) is 0 Å². The number of carboxylic acid groups (broad SMARTS) is 1. The smallest absolute Gasteiger partial charge is 0.327 e. The normalized spacial score (nSPS) is 13.8. The number of nitrogens with one attached hydrogen (secondary N) is 2. The molecular weight excluding hydrogens is 260 g/mol. The summed E-state index contributed by atoms with van der Waals surface area (Å²) in [5.74, 6) is -2.77. The van der Waals surface area contributed by atoms with Gasteiger partial charge in [-0.2, -0.15) is 0 Å². The molecule has 0 radical (unpaired) electrons. The van der Waals surface area contributed by atoms with E-state index in [-0.39, 0.29) is 17.5 Å². The maximum absolute atomic E-state index is 11.6. The van der Waals surface area contributed by atoms with Crippen molar-refractivity contribution in [3.8, 4) is 0 Å². The van der Waals surface area contributed by atoms with Crippen LogP contribution in [0, 0.1) is 0 Å². The van der Waals surface area contributed by atoms with Gasteiger partial charge in [0.25, 0.3) is 0 Å². The molecule has 0 aromatic heterocycles. The summed E-state index contributed by atoms with van der Waals surface area (Å²) in [6, 6.07) is -1.31. The third-order valence-electron chi connectivity index (χ3n) is 1.77. The minimum absolute atomic E-state index is 0.0693. The monoisotopic (exact) mass is 278 g/mol. The molecule has 0 aliphatic rings. The van der Waals surface area contributed by atoms with Gasteiger partial charge in [0, 0.05) is 23.8 Å². The highest BCUT2D eigenvalue weighted by atomic mass is 32.2. The van der Waals surface area contributed by atoms with Crippen LogP contribution in [0.3, 0.4) is 0 Å². The summed E-state index contributed by atoms with van der Waals surface area (Å²) in [5, 5.41) is 13.5. The van der Waals surface area contributed by atoms with Gasteiger partial charge in [-0.25, -0.2) is 4.79 Å². The third kappa shape index (κ3) is 7.77. The second-order valence-corrected chi connectivity index (χ2v) is 5.57. The average Bonchev–Trinajstić information content (AvgIpc) is 2.13. The highest BCUT2D eigenvalue weighted by Gasteiger charge is 2.22. The lowest BCUT2D eigenvalue weighted by Crippen LogP contribution is -2.44. The number of amides is 2. The molecule has 0 aromatic carbocycles. The first-order chi connectivity index (χ1) is 8.22. The molecule has 18 heavy (non-hydrogen) atoms. The van der Waals surface area contributed by atoms with Crippen molar-refractivity contribution in [1.82, 2.24) is 10.6 Å². The number of hydrogen-bond donors (Lipinski definition) is 3. The molecule has 3 N–H and O–H groups in total. The minimum atomic E-state index is -1.64. The van der Waals surface area contributed by atoms with Crippen LogP contribution in [-0.4, -0.2) is 50.7 Å². The summed E-state index contributed by atoms with van der Waals surface area (Å²) in [5.41, 5.74) is 0. The molecule has 0 saturated heterocycles. The van der Waals surface area contributed by atoms with Crippen molar-refractivity contribution >= 4 is 28.6 Å². The zero-order chi connectivity index (χ0) is 14.3. The molecule has 0 bridgehead atoms. The summed E-state index contributed by atoms with van der Waals surface area (Å²) in [6.45, 7) is 4.70. The van der Waals surface area contributed by atoms with Gasteiger partial charge in [0.05, 0.1) is 5.75 Å². The van der Waals surface area contributed by atoms with Crippen molar-refractivity contribution in [2.45, 2.75) is 32.9 Å². The molecule has 0 aromatic rings. The first-order valence-electron chi connectivity index (χ1n) is 5.36. The Morgan fingerprint density at radius 2 is 1.78 bits per heavy atom. The summed E-state index contributed by atoms with van der Waals surface area (Å²) < 4.78 is 11.6. The van der Waals surface area contributed by atoms with Gasteiger partial charge in [-0.3, -0.25) is 13.8 Å². The van der Waals surface area contributed by atoms with Crippen LogP contribution in [0.2, 0.25) is 0 Å². The SMILES string of the molecule is CC(=O)N[C@@H](CS(=O)CC(=O)NC(C)C)C(=O)O. The van der Waals surface area contributed by atoms with Crippen LogP contribution >= 0.6 is 0 Å². The van der Waals surface area contributed by atoms with Gasteiger partial charge < -0.3 is 15.7 Å². The zero-order valence-electron chi connectivity index (χ0n) is 10.6. The van der Waals surface area contributed by atoms with E-state index in [4.69, 9.17) is 5.11 Å². The van der Waals surface area contributed by atoms with Crippen molar-refractivity contribution in [2.75, 3.05) is 11.5 Å². The molecule has 0 fully saturated rings. The Hall–Kier alpha value is -1.44. The van der Waals surface area contributed by atoms with Crippen LogP contribution in [-0.2, 0) is 25.2 Å². The molecule has 8 heteroatoms. The Bertz CT molecular complexity index is 356. The lowest BCUT2D eigenvalue weighted by atomic mass is 10.3. The molecule has 2 atom stereocenters. The van der Waals surface area contributed by atoms with Gasteiger partial charge >= 0.3 is 5.97 Å². The first-order valence-corrected chi connectivity index (χ1v) is 6.85.